The summed E-state index contributed by atoms with van der Waals surface area (Å²) in [5, 5.41) is 7.84. The van der Waals surface area contributed by atoms with Crippen LogP contribution in [0.4, 0.5) is 5.82 Å². The van der Waals surface area contributed by atoms with E-state index in [1.807, 2.05) is 35.8 Å². The van der Waals surface area contributed by atoms with E-state index in [4.69, 9.17) is 4.42 Å². The second kappa shape index (κ2) is 5.36. The van der Waals surface area contributed by atoms with Gasteiger partial charge in [-0.1, -0.05) is 0 Å². The molecular formula is C15H18N4O. The van der Waals surface area contributed by atoms with E-state index in [2.05, 4.69) is 22.3 Å². The van der Waals surface area contributed by atoms with Crippen molar-refractivity contribution in [3.05, 3.63) is 48.3 Å². The van der Waals surface area contributed by atoms with Gasteiger partial charge >= 0.3 is 0 Å². The fourth-order valence-electron chi connectivity index (χ4n) is 2.27. The molecule has 5 heteroatoms. The molecule has 0 aliphatic heterocycles. The van der Waals surface area contributed by atoms with Gasteiger partial charge < -0.3 is 9.73 Å². The van der Waals surface area contributed by atoms with Crippen molar-refractivity contribution in [1.82, 2.24) is 14.6 Å². The summed E-state index contributed by atoms with van der Waals surface area (Å²) in [6.45, 7) is 4.13. The molecule has 1 atom stereocenters. The number of furan rings is 1. The number of aromatic nitrogens is 3. The van der Waals surface area contributed by atoms with Crippen molar-refractivity contribution in [2.75, 3.05) is 5.32 Å². The lowest BCUT2D eigenvalue weighted by Gasteiger charge is -2.14. The van der Waals surface area contributed by atoms with Gasteiger partial charge in [0.25, 0.3) is 0 Å². The SMILES string of the molecule is Cc1cc2c(NC(C)CCc3ccco3)nccn2n1. The highest BCUT2D eigenvalue weighted by Crippen LogP contribution is 2.17. The van der Waals surface area contributed by atoms with Crippen molar-refractivity contribution in [3.8, 4) is 0 Å². The molecule has 5 nitrogen and oxygen atoms in total. The number of hydrogen-bond acceptors (Lipinski definition) is 4. The molecular weight excluding hydrogens is 252 g/mol. The van der Waals surface area contributed by atoms with Gasteiger partial charge in [-0.3, -0.25) is 0 Å². The van der Waals surface area contributed by atoms with Crippen LogP contribution in [0.1, 0.15) is 24.8 Å². The van der Waals surface area contributed by atoms with Gasteiger partial charge in [0.1, 0.15) is 11.3 Å². The summed E-state index contributed by atoms with van der Waals surface area (Å²) in [6, 6.07) is 6.28. The van der Waals surface area contributed by atoms with Crippen LogP contribution in [0.15, 0.2) is 41.3 Å². The Morgan fingerprint density at radius 2 is 2.35 bits per heavy atom. The maximum absolute atomic E-state index is 5.35. The van der Waals surface area contributed by atoms with Crippen molar-refractivity contribution >= 4 is 11.3 Å². The molecule has 3 rings (SSSR count). The Kier molecular flexibility index (Phi) is 3.41. The van der Waals surface area contributed by atoms with Crippen LogP contribution in [0.3, 0.4) is 0 Å². The van der Waals surface area contributed by atoms with Crippen LogP contribution < -0.4 is 5.32 Å². The lowest BCUT2D eigenvalue weighted by Crippen LogP contribution is -2.17. The smallest absolute Gasteiger partial charge is 0.152 e. The predicted molar refractivity (Wildman–Crippen MR) is 77.8 cm³/mol. The van der Waals surface area contributed by atoms with Crippen LogP contribution in [0, 0.1) is 6.92 Å². The minimum Gasteiger partial charge on any atom is -0.469 e. The average Bonchev–Trinajstić information content (AvgIpc) is 3.05. The molecule has 0 fully saturated rings. The highest BCUT2D eigenvalue weighted by atomic mass is 16.3. The second-order valence-electron chi connectivity index (χ2n) is 5.05. The molecule has 0 aliphatic carbocycles. The largest absolute Gasteiger partial charge is 0.469 e. The van der Waals surface area contributed by atoms with E-state index in [1.165, 1.54) is 0 Å². The molecule has 0 bridgehead atoms. The summed E-state index contributed by atoms with van der Waals surface area (Å²) in [7, 11) is 0. The van der Waals surface area contributed by atoms with Crippen LogP contribution >= 0.6 is 0 Å². The Morgan fingerprint density at radius 1 is 1.45 bits per heavy atom. The first-order valence-electron chi connectivity index (χ1n) is 6.82. The number of fused-ring (bicyclic) bond motifs is 1. The zero-order valence-corrected chi connectivity index (χ0v) is 11.7. The van der Waals surface area contributed by atoms with Gasteiger partial charge in [-0.2, -0.15) is 5.10 Å². The van der Waals surface area contributed by atoms with Crippen molar-refractivity contribution in [2.45, 2.75) is 32.7 Å². The van der Waals surface area contributed by atoms with Crippen LogP contribution in [0.5, 0.6) is 0 Å². The lowest BCUT2D eigenvalue weighted by molar-refractivity contribution is 0.495. The third-order valence-electron chi connectivity index (χ3n) is 3.30. The first kappa shape index (κ1) is 12.7. The minimum atomic E-state index is 0.314. The van der Waals surface area contributed by atoms with Crippen LogP contribution in [-0.4, -0.2) is 20.6 Å². The van der Waals surface area contributed by atoms with E-state index >= 15 is 0 Å². The number of anilines is 1. The summed E-state index contributed by atoms with van der Waals surface area (Å²) in [6.07, 6.45) is 7.25. The number of aryl methyl sites for hydroxylation is 2. The van der Waals surface area contributed by atoms with E-state index in [0.717, 1.165) is 35.6 Å². The van der Waals surface area contributed by atoms with Crippen LogP contribution in [0.25, 0.3) is 5.52 Å². The monoisotopic (exact) mass is 270 g/mol. The summed E-state index contributed by atoms with van der Waals surface area (Å²) >= 11 is 0. The Labute approximate surface area is 117 Å². The Hall–Kier alpha value is -2.30. The normalized spacial score (nSPS) is 12.7. The molecule has 0 radical (unpaired) electrons. The molecule has 0 spiro atoms. The van der Waals surface area contributed by atoms with Crippen molar-refractivity contribution in [1.29, 1.82) is 0 Å². The van der Waals surface area contributed by atoms with Gasteiger partial charge in [0.05, 0.1) is 12.0 Å². The van der Waals surface area contributed by atoms with Crippen LogP contribution in [0.2, 0.25) is 0 Å². The molecule has 0 aromatic carbocycles. The lowest BCUT2D eigenvalue weighted by atomic mass is 10.1. The van der Waals surface area contributed by atoms with E-state index in [0.29, 0.717) is 6.04 Å². The minimum absolute atomic E-state index is 0.314. The summed E-state index contributed by atoms with van der Waals surface area (Å²) in [5.74, 6) is 1.89. The third-order valence-corrected chi connectivity index (χ3v) is 3.30. The first-order valence-corrected chi connectivity index (χ1v) is 6.82. The molecule has 1 unspecified atom stereocenters. The second-order valence-corrected chi connectivity index (χ2v) is 5.05. The van der Waals surface area contributed by atoms with Crippen molar-refractivity contribution in [2.24, 2.45) is 0 Å². The molecule has 104 valence electrons. The number of hydrogen-bond donors (Lipinski definition) is 1. The Morgan fingerprint density at radius 3 is 3.15 bits per heavy atom. The zero-order chi connectivity index (χ0) is 13.9. The molecule has 0 aliphatic rings. The summed E-state index contributed by atoms with van der Waals surface area (Å²) in [4.78, 5) is 4.41. The predicted octanol–water partition coefficient (Wildman–Crippen LogP) is 3.06. The number of nitrogens with one attached hydrogen (secondary N) is 1. The van der Waals surface area contributed by atoms with Crippen LogP contribution in [-0.2, 0) is 6.42 Å². The van der Waals surface area contributed by atoms with E-state index < -0.39 is 0 Å². The van der Waals surface area contributed by atoms with Gasteiger partial charge in [-0.15, -0.1) is 0 Å². The molecule has 1 N–H and O–H groups in total. The summed E-state index contributed by atoms with van der Waals surface area (Å²) in [5.41, 5.74) is 2.00. The first-order chi connectivity index (χ1) is 9.72. The Bertz CT molecular complexity index is 687. The van der Waals surface area contributed by atoms with Crippen molar-refractivity contribution in [3.63, 3.8) is 0 Å². The average molecular weight is 270 g/mol. The molecule has 0 saturated heterocycles. The van der Waals surface area contributed by atoms with E-state index in [-0.39, 0.29) is 0 Å². The topological polar surface area (TPSA) is 55.4 Å². The standard InChI is InChI=1S/C15H18N4O/c1-11(5-6-13-4-3-9-20-13)17-15-14-10-12(2)18-19(14)8-7-16-15/h3-4,7-11H,5-6H2,1-2H3,(H,16,17). The molecule has 3 aromatic heterocycles. The molecule has 0 saturated carbocycles. The molecule has 20 heavy (non-hydrogen) atoms. The fourth-order valence-corrected chi connectivity index (χ4v) is 2.27. The highest BCUT2D eigenvalue weighted by molar-refractivity contribution is 5.67. The highest BCUT2D eigenvalue weighted by Gasteiger charge is 2.09. The van der Waals surface area contributed by atoms with Gasteiger partial charge in [-0.25, -0.2) is 9.50 Å². The zero-order valence-electron chi connectivity index (χ0n) is 11.7. The quantitative estimate of drug-likeness (QED) is 0.774. The molecule has 3 aromatic rings. The number of rotatable bonds is 5. The fraction of sp³-hybridized carbons (Fsp3) is 0.333. The maximum Gasteiger partial charge on any atom is 0.152 e. The van der Waals surface area contributed by atoms with Gasteiger partial charge in [0, 0.05) is 24.9 Å². The summed E-state index contributed by atoms with van der Waals surface area (Å²) < 4.78 is 7.20. The van der Waals surface area contributed by atoms with Gasteiger partial charge in [0.2, 0.25) is 0 Å². The van der Waals surface area contributed by atoms with Gasteiger partial charge in [-0.05, 0) is 38.5 Å². The van der Waals surface area contributed by atoms with Gasteiger partial charge in [0.15, 0.2) is 5.82 Å². The van der Waals surface area contributed by atoms with Crippen molar-refractivity contribution < 1.29 is 4.42 Å². The molecule has 3 heterocycles. The Balaban J connectivity index is 1.69. The van der Waals surface area contributed by atoms with E-state index in [9.17, 15) is 0 Å². The number of nitrogens with zero attached hydrogens (tertiary/aromatic N) is 3. The maximum atomic E-state index is 5.35. The molecule has 0 amide bonds. The third kappa shape index (κ3) is 2.66. The van der Waals surface area contributed by atoms with E-state index in [1.54, 1.807) is 12.5 Å².